The minimum absolute atomic E-state index is 0.147. The number of nitrogens with zero attached hydrogens (tertiary/aromatic N) is 2. The van der Waals surface area contributed by atoms with Crippen LogP contribution >= 0.6 is 0 Å². The summed E-state index contributed by atoms with van der Waals surface area (Å²) < 4.78 is 39.1. The largest absolute Gasteiger partial charge is 0.508 e. The Kier molecular flexibility index (Phi) is 5.92. The molecule has 0 saturated carbocycles. The number of aromatic hydroxyl groups is 1. The van der Waals surface area contributed by atoms with Gasteiger partial charge in [0.2, 0.25) is 0 Å². The summed E-state index contributed by atoms with van der Waals surface area (Å²) >= 11 is 0. The van der Waals surface area contributed by atoms with Gasteiger partial charge in [0.05, 0.1) is 11.6 Å². The molecule has 3 aromatic carbocycles. The van der Waals surface area contributed by atoms with Crippen LogP contribution in [0.2, 0.25) is 0 Å². The van der Waals surface area contributed by atoms with Crippen molar-refractivity contribution in [2.75, 3.05) is 31.1 Å². The van der Waals surface area contributed by atoms with Crippen molar-refractivity contribution >= 4 is 5.69 Å². The van der Waals surface area contributed by atoms with Crippen molar-refractivity contribution < 1.29 is 18.3 Å². The quantitative estimate of drug-likeness (QED) is 0.586. The molecule has 3 nitrogen and oxygen atoms in total. The molecule has 1 fully saturated rings. The van der Waals surface area contributed by atoms with E-state index in [-0.39, 0.29) is 11.8 Å². The third-order valence-corrected chi connectivity index (χ3v) is 5.86. The zero-order valence-corrected chi connectivity index (χ0v) is 17.3. The third-order valence-electron chi connectivity index (χ3n) is 5.86. The number of piperazine rings is 1. The molecule has 1 saturated heterocycles. The summed E-state index contributed by atoms with van der Waals surface area (Å²) in [4.78, 5) is 4.53. The van der Waals surface area contributed by atoms with Gasteiger partial charge in [0.1, 0.15) is 5.75 Å². The lowest BCUT2D eigenvalue weighted by Crippen LogP contribution is -2.48. The van der Waals surface area contributed by atoms with Crippen LogP contribution in [0.15, 0.2) is 72.8 Å². The van der Waals surface area contributed by atoms with Gasteiger partial charge in [0.15, 0.2) is 0 Å². The lowest BCUT2D eigenvalue weighted by molar-refractivity contribution is -0.137. The van der Waals surface area contributed by atoms with E-state index in [1.165, 1.54) is 23.4 Å². The highest BCUT2D eigenvalue weighted by Crippen LogP contribution is 2.37. The second-order valence-corrected chi connectivity index (χ2v) is 7.94. The van der Waals surface area contributed by atoms with Crippen molar-refractivity contribution in [2.45, 2.75) is 19.1 Å². The fourth-order valence-corrected chi connectivity index (χ4v) is 4.15. The fraction of sp³-hybridized carbons (Fsp3) is 0.280. The number of rotatable bonds is 4. The number of halogens is 3. The first kappa shape index (κ1) is 21.2. The molecule has 0 radical (unpaired) electrons. The van der Waals surface area contributed by atoms with Crippen LogP contribution in [0, 0.1) is 6.92 Å². The Labute approximate surface area is 180 Å². The summed E-state index contributed by atoms with van der Waals surface area (Å²) in [5.74, 6) is 0.147. The number of para-hydroxylation sites is 1. The number of phenolic OH excluding ortho intramolecular Hbond substituents is 1. The Morgan fingerprint density at radius 1 is 0.806 bits per heavy atom. The van der Waals surface area contributed by atoms with Gasteiger partial charge in [0.25, 0.3) is 0 Å². The standard InChI is InChI=1S/C25H25F3N2O/c1-18-6-12-21(13-7-18)29-14-16-30(17-15-29)24(22-4-2-3-5-23(22)31)19-8-10-20(11-9-19)25(26,27)28/h2-13,24,31H,14-17H2,1H3. The normalized spacial score (nSPS) is 16.3. The van der Waals surface area contributed by atoms with E-state index in [9.17, 15) is 18.3 Å². The van der Waals surface area contributed by atoms with E-state index in [4.69, 9.17) is 0 Å². The van der Waals surface area contributed by atoms with Gasteiger partial charge in [-0.15, -0.1) is 0 Å². The van der Waals surface area contributed by atoms with Crippen LogP contribution in [0.3, 0.4) is 0 Å². The van der Waals surface area contributed by atoms with Crippen LogP contribution in [0.4, 0.5) is 18.9 Å². The van der Waals surface area contributed by atoms with Crippen LogP contribution < -0.4 is 4.90 Å². The number of alkyl halides is 3. The molecule has 0 amide bonds. The van der Waals surface area contributed by atoms with E-state index in [0.29, 0.717) is 5.56 Å². The maximum Gasteiger partial charge on any atom is 0.416 e. The molecule has 0 aromatic heterocycles. The molecule has 1 aliphatic heterocycles. The molecule has 6 heteroatoms. The van der Waals surface area contributed by atoms with Gasteiger partial charge in [-0.1, -0.05) is 48.0 Å². The molecule has 1 unspecified atom stereocenters. The monoisotopic (exact) mass is 426 g/mol. The van der Waals surface area contributed by atoms with Gasteiger partial charge in [-0.05, 0) is 42.8 Å². The first-order valence-electron chi connectivity index (χ1n) is 10.3. The van der Waals surface area contributed by atoms with Crippen LogP contribution in [0.25, 0.3) is 0 Å². The molecule has 0 bridgehead atoms. The van der Waals surface area contributed by atoms with Crippen molar-refractivity contribution in [3.63, 3.8) is 0 Å². The molecule has 31 heavy (non-hydrogen) atoms. The second-order valence-electron chi connectivity index (χ2n) is 7.94. The maximum atomic E-state index is 13.0. The van der Waals surface area contributed by atoms with E-state index < -0.39 is 11.7 Å². The summed E-state index contributed by atoms with van der Waals surface area (Å²) in [6.07, 6.45) is -4.37. The van der Waals surface area contributed by atoms with Crippen LogP contribution in [0.1, 0.15) is 28.3 Å². The average molecular weight is 426 g/mol. The van der Waals surface area contributed by atoms with E-state index in [1.807, 2.05) is 12.1 Å². The summed E-state index contributed by atoms with van der Waals surface area (Å²) in [5.41, 5.74) is 3.14. The van der Waals surface area contributed by atoms with Gasteiger partial charge in [-0.3, -0.25) is 4.90 Å². The third kappa shape index (κ3) is 4.69. The Bertz CT molecular complexity index is 1010. The summed E-state index contributed by atoms with van der Waals surface area (Å²) in [6.45, 7) is 5.12. The van der Waals surface area contributed by atoms with E-state index in [1.54, 1.807) is 12.1 Å². The van der Waals surface area contributed by atoms with Gasteiger partial charge in [-0.2, -0.15) is 13.2 Å². The van der Waals surface area contributed by atoms with E-state index in [0.717, 1.165) is 43.9 Å². The molecule has 1 atom stereocenters. The topological polar surface area (TPSA) is 26.7 Å². The van der Waals surface area contributed by atoms with Gasteiger partial charge in [-0.25, -0.2) is 0 Å². The number of hydrogen-bond acceptors (Lipinski definition) is 3. The smallest absolute Gasteiger partial charge is 0.416 e. The van der Waals surface area contributed by atoms with E-state index in [2.05, 4.69) is 41.0 Å². The van der Waals surface area contributed by atoms with Gasteiger partial charge in [0, 0.05) is 37.4 Å². The fourth-order valence-electron chi connectivity index (χ4n) is 4.15. The molecule has 1 N–H and O–H groups in total. The minimum atomic E-state index is -4.37. The van der Waals surface area contributed by atoms with Gasteiger partial charge < -0.3 is 10.0 Å². The van der Waals surface area contributed by atoms with Crippen LogP contribution in [-0.4, -0.2) is 36.2 Å². The summed E-state index contributed by atoms with van der Waals surface area (Å²) in [6, 6.07) is 20.4. The van der Waals surface area contributed by atoms with Gasteiger partial charge >= 0.3 is 6.18 Å². The molecule has 162 valence electrons. The molecule has 4 rings (SSSR count). The van der Waals surface area contributed by atoms with Crippen LogP contribution in [-0.2, 0) is 6.18 Å². The molecule has 1 aliphatic rings. The minimum Gasteiger partial charge on any atom is -0.508 e. The first-order valence-corrected chi connectivity index (χ1v) is 10.3. The lowest BCUT2D eigenvalue weighted by Gasteiger charge is -2.40. The van der Waals surface area contributed by atoms with Crippen molar-refractivity contribution in [1.29, 1.82) is 0 Å². The molecular formula is C25H25F3N2O. The zero-order chi connectivity index (χ0) is 22.0. The van der Waals surface area contributed by atoms with Crippen molar-refractivity contribution in [3.8, 4) is 5.75 Å². The lowest BCUT2D eigenvalue weighted by atomic mass is 9.94. The van der Waals surface area contributed by atoms with Crippen molar-refractivity contribution in [3.05, 3.63) is 95.1 Å². The highest BCUT2D eigenvalue weighted by atomic mass is 19.4. The predicted octanol–water partition coefficient (Wildman–Crippen LogP) is 5.63. The van der Waals surface area contributed by atoms with Crippen molar-refractivity contribution in [2.24, 2.45) is 0 Å². The molecular weight excluding hydrogens is 401 g/mol. The second kappa shape index (κ2) is 8.63. The Morgan fingerprint density at radius 3 is 2.00 bits per heavy atom. The number of phenols is 1. The first-order chi connectivity index (χ1) is 14.8. The Morgan fingerprint density at radius 2 is 1.42 bits per heavy atom. The average Bonchev–Trinajstić information content (AvgIpc) is 2.76. The van der Waals surface area contributed by atoms with E-state index >= 15 is 0 Å². The number of aryl methyl sites for hydroxylation is 1. The zero-order valence-electron chi connectivity index (χ0n) is 17.3. The Balaban J connectivity index is 1.60. The number of anilines is 1. The van der Waals surface area contributed by atoms with Crippen LogP contribution in [0.5, 0.6) is 5.75 Å². The molecule has 0 aliphatic carbocycles. The Hall–Kier alpha value is -2.99. The molecule has 3 aromatic rings. The van der Waals surface area contributed by atoms with Crippen molar-refractivity contribution in [1.82, 2.24) is 4.90 Å². The predicted molar refractivity (Wildman–Crippen MR) is 116 cm³/mol. The SMILES string of the molecule is Cc1ccc(N2CCN(C(c3ccc(C(F)(F)F)cc3)c3ccccc3O)CC2)cc1. The summed E-state index contributed by atoms with van der Waals surface area (Å²) in [5, 5.41) is 10.5. The summed E-state index contributed by atoms with van der Waals surface area (Å²) in [7, 11) is 0. The highest BCUT2D eigenvalue weighted by molar-refractivity contribution is 5.48. The highest BCUT2D eigenvalue weighted by Gasteiger charge is 2.32. The number of benzene rings is 3. The molecule has 0 spiro atoms. The molecule has 1 heterocycles. The maximum absolute atomic E-state index is 13.0. The number of hydrogen-bond donors (Lipinski definition) is 1.